The van der Waals surface area contributed by atoms with Gasteiger partial charge in [0.05, 0.1) is 15.5 Å². The Kier molecular flexibility index (Phi) is 6.57. The number of urea groups is 1. The normalized spacial score (nSPS) is 14.7. The van der Waals surface area contributed by atoms with Crippen LogP contribution in [-0.2, 0) is 19.6 Å². The summed E-state index contributed by atoms with van der Waals surface area (Å²) in [5.74, 6) is -1.81. The first-order chi connectivity index (χ1) is 12.3. The van der Waals surface area contributed by atoms with Crippen LogP contribution in [0, 0.1) is 0 Å². The van der Waals surface area contributed by atoms with Crippen molar-refractivity contribution in [2.45, 2.75) is 17.7 Å². The number of imide groups is 1. The number of nitrogens with one attached hydrogen (secondary N) is 2. The van der Waals surface area contributed by atoms with E-state index in [4.69, 9.17) is 16.3 Å². The third kappa shape index (κ3) is 4.71. The van der Waals surface area contributed by atoms with Gasteiger partial charge in [-0.1, -0.05) is 11.6 Å². The lowest BCUT2D eigenvalue weighted by Crippen LogP contribution is -2.39. The molecule has 9 nitrogen and oxygen atoms in total. The van der Waals surface area contributed by atoms with Crippen LogP contribution in [0.1, 0.15) is 23.2 Å². The molecule has 0 aromatic heterocycles. The maximum Gasteiger partial charge on any atom is 0.340 e. The van der Waals surface area contributed by atoms with Crippen molar-refractivity contribution in [1.29, 1.82) is 0 Å². The molecule has 1 aromatic rings. The molecule has 0 spiro atoms. The number of halogens is 1. The second-order valence-electron chi connectivity index (χ2n) is 5.46. The minimum absolute atomic E-state index is 0.0120. The molecule has 142 valence electrons. The zero-order chi connectivity index (χ0) is 19.3. The van der Waals surface area contributed by atoms with Gasteiger partial charge in [-0.2, -0.15) is 4.31 Å². The molecule has 1 heterocycles. The number of rotatable bonds is 5. The highest BCUT2D eigenvalue weighted by Crippen LogP contribution is 2.25. The molecule has 0 saturated carbocycles. The number of hydrogen-bond donors (Lipinski definition) is 2. The number of ether oxygens (including phenoxy) is 1. The van der Waals surface area contributed by atoms with Crippen molar-refractivity contribution in [2.75, 3.05) is 26.7 Å². The van der Waals surface area contributed by atoms with Crippen LogP contribution in [0.4, 0.5) is 4.79 Å². The van der Waals surface area contributed by atoms with Gasteiger partial charge < -0.3 is 10.1 Å². The van der Waals surface area contributed by atoms with Crippen molar-refractivity contribution in [3.8, 4) is 0 Å². The number of hydrogen-bond acceptors (Lipinski definition) is 6. The third-order valence-electron chi connectivity index (χ3n) is 3.67. The van der Waals surface area contributed by atoms with E-state index in [9.17, 15) is 22.8 Å². The molecule has 1 fully saturated rings. The molecule has 26 heavy (non-hydrogen) atoms. The summed E-state index contributed by atoms with van der Waals surface area (Å²) in [4.78, 5) is 34.5. The minimum Gasteiger partial charge on any atom is -0.452 e. The third-order valence-corrected chi connectivity index (χ3v) is 5.90. The molecule has 11 heteroatoms. The summed E-state index contributed by atoms with van der Waals surface area (Å²) in [6, 6.07) is 2.97. The Hall–Kier alpha value is -2.17. The van der Waals surface area contributed by atoms with Crippen LogP contribution >= 0.6 is 11.6 Å². The van der Waals surface area contributed by atoms with Gasteiger partial charge in [0.2, 0.25) is 10.0 Å². The predicted octanol–water partition coefficient (Wildman–Crippen LogP) is 0.737. The lowest BCUT2D eigenvalue weighted by atomic mass is 10.2. The summed E-state index contributed by atoms with van der Waals surface area (Å²) in [7, 11) is -2.41. The highest BCUT2D eigenvalue weighted by atomic mass is 35.5. The molecule has 3 amide bonds. The zero-order valence-corrected chi connectivity index (χ0v) is 15.5. The van der Waals surface area contributed by atoms with Crippen LogP contribution in [0.25, 0.3) is 0 Å². The Morgan fingerprint density at radius 1 is 1.23 bits per heavy atom. The number of nitrogens with zero attached hydrogens (tertiary/aromatic N) is 1. The van der Waals surface area contributed by atoms with E-state index in [0.717, 1.165) is 18.9 Å². The second-order valence-corrected chi connectivity index (χ2v) is 7.80. The number of carbonyl (C=O) groups excluding carboxylic acids is 3. The number of sulfonamides is 1. The number of carbonyl (C=O) groups is 3. The van der Waals surface area contributed by atoms with Gasteiger partial charge in [0, 0.05) is 20.1 Å². The van der Waals surface area contributed by atoms with E-state index in [0.29, 0.717) is 13.1 Å². The van der Waals surface area contributed by atoms with Crippen LogP contribution in [-0.4, -0.2) is 57.4 Å². The maximum absolute atomic E-state index is 12.6. The van der Waals surface area contributed by atoms with E-state index in [2.05, 4.69) is 5.32 Å². The molecular formula is C15H18ClN3O6S. The van der Waals surface area contributed by atoms with E-state index in [1.165, 1.54) is 23.5 Å². The largest absolute Gasteiger partial charge is 0.452 e. The molecule has 1 aliphatic heterocycles. The van der Waals surface area contributed by atoms with Gasteiger partial charge in [-0.15, -0.1) is 0 Å². The van der Waals surface area contributed by atoms with Gasteiger partial charge in [-0.3, -0.25) is 10.1 Å². The van der Waals surface area contributed by atoms with Crippen LogP contribution in [0.2, 0.25) is 5.02 Å². The van der Waals surface area contributed by atoms with Gasteiger partial charge in [0.25, 0.3) is 5.91 Å². The van der Waals surface area contributed by atoms with E-state index in [1.807, 2.05) is 5.32 Å². The average Bonchev–Trinajstić information content (AvgIpc) is 3.15. The fourth-order valence-electron chi connectivity index (χ4n) is 2.33. The first-order valence-corrected chi connectivity index (χ1v) is 9.56. The zero-order valence-electron chi connectivity index (χ0n) is 14.0. The van der Waals surface area contributed by atoms with Crippen LogP contribution in [0.5, 0.6) is 0 Å². The smallest absolute Gasteiger partial charge is 0.340 e. The van der Waals surface area contributed by atoms with Crippen molar-refractivity contribution in [2.24, 2.45) is 0 Å². The second kappa shape index (κ2) is 8.47. The first kappa shape index (κ1) is 20.1. The molecule has 1 saturated heterocycles. The van der Waals surface area contributed by atoms with E-state index < -0.39 is 34.5 Å². The molecule has 0 bridgehead atoms. The fourth-order valence-corrected chi connectivity index (χ4v) is 4.07. The van der Waals surface area contributed by atoms with Gasteiger partial charge in [-0.05, 0) is 31.0 Å². The number of amides is 3. The van der Waals surface area contributed by atoms with Crippen molar-refractivity contribution in [3.05, 3.63) is 28.8 Å². The molecule has 1 aliphatic rings. The standard InChI is InChI=1S/C15H18ClN3O6S/c1-17-15(22)18-13(20)9-25-14(21)11-8-10(4-5-12(11)16)26(23,24)19-6-2-3-7-19/h4-5,8H,2-3,6-7,9H2,1H3,(H2,17,18,20,22). The highest BCUT2D eigenvalue weighted by molar-refractivity contribution is 7.89. The molecule has 0 radical (unpaired) electrons. The minimum atomic E-state index is -3.73. The van der Waals surface area contributed by atoms with Gasteiger partial charge >= 0.3 is 12.0 Å². The van der Waals surface area contributed by atoms with Crippen LogP contribution < -0.4 is 10.6 Å². The number of esters is 1. The molecule has 0 atom stereocenters. The summed E-state index contributed by atoms with van der Waals surface area (Å²) < 4.78 is 31.2. The Morgan fingerprint density at radius 2 is 1.88 bits per heavy atom. The quantitative estimate of drug-likeness (QED) is 0.699. The molecule has 2 rings (SSSR count). The lowest BCUT2D eigenvalue weighted by Gasteiger charge is -2.16. The molecule has 1 aromatic carbocycles. The van der Waals surface area contributed by atoms with Crippen molar-refractivity contribution >= 4 is 39.5 Å². The fraction of sp³-hybridized carbons (Fsp3) is 0.400. The monoisotopic (exact) mass is 403 g/mol. The molecular weight excluding hydrogens is 386 g/mol. The Morgan fingerprint density at radius 3 is 2.50 bits per heavy atom. The van der Waals surface area contributed by atoms with Crippen molar-refractivity contribution in [3.63, 3.8) is 0 Å². The first-order valence-electron chi connectivity index (χ1n) is 7.74. The predicted molar refractivity (Wildman–Crippen MR) is 92.3 cm³/mol. The summed E-state index contributed by atoms with van der Waals surface area (Å²) in [5.41, 5.74) is -0.181. The Bertz CT molecular complexity index is 821. The summed E-state index contributed by atoms with van der Waals surface area (Å²) in [6.07, 6.45) is 1.56. The van der Waals surface area contributed by atoms with E-state index >= 15 is 0 Å². The van der Waals surface area contributed by atoms with Crippen molar-refractivity contribution < 1.29 is 27.5 Å². The molecule has 0 aliphatic carbocycles. The van der Waals surface area contributed by atoms with Gasteiger partial charge in [0.1, 0.15) is 0 Å². The van der Waals surface area contributed by atoms with Gasteiger partial charge in [-0.25, -0.2) is 18.0 Å². The van der Waals surface area contributed by atoms with E-state index in [1.54, 1.807) is 0 Å². The van der Waals surface area contributed by atoms with Gasteiger partial charge in [0.15, 0.2) is 6.61 Å². The van der Waals surface area contributed by atoms with E-state index in [-0.39, 0.29) is 15.5 Å². The summed E-state index contributed by atoms with van der Waals surface area (Å²) in [5, 5.41) is 4.08. The maximum atomic E-state index is 12.6. The summed E-state index contributed by atoms with van der Waals surface area (Å²) in [6.45, 7) is 0.125. The number of benzene rings is 1. The van der Waals surface area contributed by atoms with Crippen LogP contribution in [0.15, 0.2) is 23.1 Å². The Labute approximate surface area is 155 Å². The lowest BCUT2D eigenvalue weighted by molar-refractivity contribution is -0.123. The molecule has 2 N–H and O–H groups in total. The van der Waals surface area contributed by atoms with Crippen molar-refractivity contribution in [1.82, 2.24) is 14.9 Å². The SMILES string of the molecule is CNC(=O)NC(=O)COC(=O)c1cc(S(=O)(=O)N2CCCC2)ccc1Cl. The van der Waals surface area contributed by atoms with Crippen LogP contribution in [0.3, 0.4) is 0 Å². The molecule has 0 unspecified atom stereocenters. The topological polar surface area (TPSA) is 122 Å². The average molecular weight is 404 g/mol. The highest BCUT2D eigenvalue weighted by Gasteiger charge is 2.28. The summed E-state index contributed by atoms with van der Waals surface area (Å²) >= 11 is 5.95. The Balaban J connectivity index is 2.12.